The summed E-state index contributed by atoms with van der Waals surface area (Å²) < 4.78 is 5.19. The maximum Gasteiger partial charge on any atom is 0.255 e. The molecule has 1 fully saturated rings. The highest BCUT2D eigenvalue weighted by Crippen LogP contribution is 2.12. The van der Waals surface area contributed by atoms with Crippen LogP contribution in [0.3, 0.4) is 0 Å². The fourth-order valence-electron chi connectivity index (χ4n) is 2.42. The minimum atomic E-state index is -0.511. The van der Waals surface area contributed by atoms with Gasteiger partial charge in [0.2, 0.25) is 5.91 Å². The number of primary amides is 1. The first-order valence-corrected chi connectivity index (χ1v) is 7.76. The van der Waals surface area contributed by atoms with Crippen LogP contribution in [0.15, 0.2) is 24.3 Å². The summed E-state index contributed by atoms with van der Waals surface area (Å²) in [5.74, 6) is 0.0878. The zero-order valence-corrected chi connectivity index (χ0v) is 13.4. The molecule has 0 unspecified atom stereocenters. The number of nitrogens with one attached hydrogen (secondary N) is 2. The third-order valence-corrected chi connectivity index (χ3v) is 3.78. The number of nitrogens with two attached hydrogens (primary N) is 1. The predicted molar refractivity (Wildman–Crippen MR) is 86.9 cm³/mol. The number of nitrogens with zero attached hydrogens (tertiary/aromatic N) is 1. The molecule has 23 heavy (non-hydrogen) atoms. The largest absolute Gasteiger partial charge is 0.484 e. The van der Waals surface area contributed by atoms with Crippen molar-refractivity contribution in [1.29, 1.82) is 0 Å². The van der Waals surface area contributed by atoms with E-state index in [2.05, 4.69) is 22.5 Å². The van der Waals surface area contributed by atoms with Crippen LogP contribution in [0.5, 0.6) is 5.75 Å². The molecule has 1 atom stereocenters. The van der Waals surface area contributed by atoms with Gasteiger partial charge in [0, 0.05) is 32.2 Å². The quantitative estimate of drug-likeness (QED) is 0.627. The summed E-state index contributed by atoms with van der Waals surface area (Å²) in [4.78, 5) is 24.8. The van der Waals surface area contributed by atoms with E-state index in [0.29, 0.717) is 24.9 Å². The lowest BCUT2D eigenvalue weighted by molar-refractivity contribution is -0.123. The van der Waals surface area contributed by atoms with Crippen LogP contribution in [0.1, 0.15) is 12.5 Å². The van der Waals surface area contributed by atoms with Gasteiger partial charge in [0.05, 0.1) is 6.54 Å². The van der Waals surface area contributed by atoms with Crippen LogP contribution in [-0.2, 0) is 16.1 Å². The minimum Gasteiger partial charge on any atom is -0.484 e. The van der Waals surface area contributed by atoms with Gasteiger partial charge in [-0.25, -0.2) is 0 Å². The molecular formula is C16H24N4O3. The SMILES string of the molecule is C[C@H]1CNCCN1CC(=O)NCc1ccc(OCC(N)=O)cc1. The molecule has 126 valence electrons. The van der Waals surface area contributed by atoms with Gasteiger partial charge >= 0.3 is 0 Å². The van der Waals surface area contributed by atoms with Crippen molar-refractivity contribution in [3.8, 4) is 5.75 Å². The van der Waals surface area contributed by atoms with Gasteiger partial charge in [-0.3, -0.25) is 14.5 Å². The Morgan fingerprint density at radius 3 is 2.78 bits per heavy atom. The number of hydrogen-bond donors (Lipinski definition) is 3. The number of piperazine rings is 1. The highest BCUT2D eigenvalue weighted by atomic mass is 16.5. The van der Waals surface area contributed by atoms with Gasteiger partial charge in [-0.1, -0.05) is 12.1 Å². The maximum atomic E-state index is 12.0. The van der Waals surface area contributed by atoms with Crippen LogP contribution >= 0.6 is 0 Å². The lowest BCUT2D eigenvalue weighted by Crippen LogP contribution is -2.52. The Balaban J connectivity index is 1.74. The standard InChI is InChI=1S/C16H24N4O3/c1-12-8-18-6-7-20(12)10-16(22)19-9-13-2-4-14(5-3-13)23-11-15(17)21/h2-5,12,18H,6-11H2,1H3,(H2,17,21)(H,19,22)/t12-/m0/s1. The highest BCUT2D eigenvalue weighted by Gasteiger charge is 2.19. The summed E-state index contributed by atoms with van der Waals surface area (Å²) in [6.07, 6.45) is 0. The number of ether oxygens (including phenoxy) is 1. The zero-order chi connectivity index (χ0) is 16.7. The van der Waals surface area contributed by atoms with Crippen molar-refractivity contribution in [3.05, 3.63) is 29.8 Å². The normalized spacial score (nSPS) is 18.4. The van der Waals surface area contributed by atoms with Crippen molar-refractivity contribution in [3.63, 3.8) is 0 Å². The number of hydrogen-bond acceptors (Lipinski definition) is 5. The molecule has 0 aliphatic carbocycles. The molecule has 1 saturated heterocycles. The molecule has 1 aliphatic heterocycles. The number of rotatable bonds is 7. The van der Waals surface area contributed by atoms with Crippen LogP contribution in [0.25, 0.3) is 0 Å². The van der Waals surface area contributed by atoms with E-state index >= 15 is 0 Å². The van der Waals surface area contributed by atoms with Crippen LogP contribution in [0.2, 0.25) is 0 Å². The summed E-state index contributed by atoms with van der Waals surface area (Å²) >= 11 is 0. The topological polar surface area (TPSA) is 96.7 Å². The number of benzene rings is 1. The molecule has 1 aliphatic rings. The first kappa shape index (κ1) is 17.2. The molecule has 1 aromatic rings. The summed E-state index contributed by atoms with van der Waals surface area (Å²) in [6, 6.07) is 7.58. The third kappa shape index (κ3) is 5.88. The van der Waals surface area contributed by atoms with E-state index in [0.717, 1.165) is 25.2 Å². The third-order valence-electron chi connectivity index (χ3n) is 3.78. The van der Waals surface area contributed by atoms with Crippen molar-refractivity contribution >= 4 is 11.8 Å². The van der Waals surface area contributed by atoms with Gasteiger partial charge in [0.1, 0.15) is 5.75 Å². The molecule has 0 bridgehead atoms. The number of carbonyl (C=O) groups is 2. The second-order valence-corrected chi connectivity index (χ2v) is 5.70. The summed E-state index contributed by atoms with van der Waals surface area (Å²) in [5.41, 5.74) is 5.99. The maximum absolute atomic E-state index is 12.0. The van der Waals surface area contributed by atoms with Gasteiger partial charge in [-0.15, -0.1) is 0 Å². The molecule has 1 aromatic carbocycles. The molecule has 0 saturated carbocycles. The van der Waals surface area contributed by atoms with Gasteiger partial charge in [0.15, 0.2) is 6.61 Å². The summed E-state index contributed by atoms with van der Waals surface area (Å²) in [7, 11) is 0. The van der Waals surface area contributed by atoms with Crippen LogP contribution in [0.4, 0.5) is 0 Å². The van der Waals surface area contributed by atoms with Crippen LogP contribution < -0.4 is 21.1 Å². The fraction of sp³-hybridized carbons (Fsp3) is 0.500. The van der Waals surface area contributed by atoms with E-state index < -0.39 is 5.91 Å². The molecular weight excluding hydrogens is 296 g/mol. The average molecular weight is 320 g/mol. The van der Waals surface area contributed by atoms with E-state index in [9.17, 15) is 9.59 Å². The van der Waals surface area contributed by atoms with Gasteiger partial charge in [-0.2, -0.15) is 0 Å². The molecule has 1 heterocycles. The first-order chi connectivity index (χ1) is 11.0. The Bertz CT molecular complexity index is 533. The van der Waals surface area contributed by atoms with Crippen molar-refractivity contribution in [2.45, 2.75) is 19.5 Å². The second kappa shape index (κ2) is 8.50. The summed E-state index contributed by atoms with van der Waals surface area (Å²) in [6.45, 7) is 5.59. The van der Waals surface area contributed by atoms with Crippen molar-refractivity contribution in [2.24, 2.45) is 5.73 Å². The fourth-order valence-corrected chi connectivity index (χ4v) is 2.42. The Morgan fingerprint density at radius 2 is 2.13 bits per heavy atom. The van der Waals surface area contributed by atoms with Gasteiger partial charge in [-0.05, 0) is 24.6 Å². The summed E-state index contributed by atoms with van der Waals surface area (Å²) in [5, 5.41) is 6.22. The second-order valence-electron chi connectivity index (χ2n) is 5.70. The van der Waals surface area contributed by atoms with E-state index in [1.807, 2.05) is 12.1 Å². The van der Waals surface area contributed by atoms with Crippen LogP contribution in [-0.4, -0.2) is 55.5 Å². The van der Waals surface area contributed by atoms with Crippen LogP contribution in [0, 0.1) is 0 Å². The molecule has 7 nitrogen and oxygen atoms in total. The molecule has 2 amide bonds. The van der Waals surface area contributed by atoms with Crippen molar-refractivity contribution < 1.29 is 14.3 Å². The smallest absolute Gasteiger partial charge is 0.255 e. The molecule has 2 rings (SSSR count). The molecule has 7 heteroatoms. The lowest BCUT2D eigenvalue weighted by atomic mass is 10.2. The van der Waals surface area contributed by atoms with E-state index in [-0.39, 0.29) is 12.5 Å². The molecule has 0 radical (unpaired) electrons. The monoisotopic (exact) mass is 320 g/mol. The average Bonchev–Trinajstić information content (AvgIpc) is 2.54. The Morgan fingerprint density at radius 1 is 1.39 bits per heavy atom. The molecule has 0 aromatic heterocycles. The van der Waals surface area contributed by atoms with Gasteiger partial charge < -0.3 is 21.1 Å². The molecule has 4 N–H and O–H groups in total. The van der Waals surface area contributed by atoms with Gasteiger partial charge in [0.25, 0.3) is 5.91 Å². The lowest BCUT2D eigenvalue weighted by Gasteiger charge is -2.33. The number of amides is 2. The molecule has 0 spiro atoms. The number of carbonyl (C=O) groups excluding carboxylic acids is 2. The zero-order valence-electron chi connectivity index (χ0n) is 13.4. The Labute approximate surface area is 136 Å². The predicted octanol–water partition coefficient (Wildman–Crippen LogP) is -0.539. The Kier molecular flexibility index (Phi) is 6.37. The highest BCUT2D eigenvalue weighted by molar-refractivity contribution is 5.78. The Hall–Kier alpha value is -2.12. The van der Waals surface area contributed by atoms with Crippen molar-refractivity contribution in [2.75, 3.05) is 32.8 Å². The first-order valence-electron chi connectivity index (χ1n) is 7.76. The van der Waals surface area contributed by atoms with E-state index in [4.69, 9.17) is 10.5 Å². The van der Waals surface area contributed by atoms with E-state index in [1.165, 1.54) is 0 Å². The minimum absolute atomic E-state index is 0.0211. The van der Waals surface area contributed by atoms with Crippen molar-refractivity contribution in [1.82, 2.24) is 15.5 Å². The van der Waals surface area contributed by atoms with E-state index in [1.54, 1.807) is 12.1 Å².